The van der Waals surface area contributed by atoms with E-state index in [9.17, 15) is 15.3 Å². The van der Waals surface area contributed by atoms with E-state index in [1.54, 1.807) is 18.2 Å². The van der Waals surface area contributed by atoms with Crippen molar-refractivity contribution in [3.8, 4) is 23.0 Å². The van der Waals surface area contributed by atoms with Gasteiger partial charge in [-0.05, 0) is 24.1 Å². The van der Waals surface area contributed by atoms with Gasteiger partial charge in [0.15, 0.2) is 0 Å². The van der Waals surface area contributed by atoms with Gasteiger partial charge in [-0.15, -0.1) is 6.58 Å². The van der Waals surface area contributed by atoms with Gasteiger partial charge in [-0.25, -0.2) is 0 Å². The molecule has 0 saturated carbocycles. The average molecular weight is 326 g/mol. The predicted molar refractivity (Wildman–Crippen MR) is 93.0 cm³/mol. The number of allylic oxidation sites excluding steroid dienone is 1. The fourth-order valence-corrected chi connectivity index (χ4v) is 3.11. The molecule has 4 heteroatoms. The zero-order valence-corrected chi connectivity index (χ0v) is 13.9. The maximum Gasteiger partial charge on any atom is 0.126 e. The van der Waals surface area contributed by atoms with Gasteiger partial charge in [-0.1, -0.05) is 26.0 Å². The number of fused-ring (bicyclic) bond motifs is 1. The zero-order chi connectivity index (χ0) is 17.5. The SMILES string of the molecule is C=CC(C)(C)c1cc(C2COc3cc(O)ccc3C2)c(O)cc1O. The zero-order valence-electron chi connectivity index (χ0n) is 13.9. The van der Waals surface area contributed by atoms with Crippen molar-refractivity contribution in [2.24, 2.45) is 0 Å². The maximum absolute atomic E-state index is 10.3. The molecule has 0 saturated heterocycles. The second-order valence-electron chi connectivity index (χ2n) is 6.86. The van der Waals surface area contributed by atoms with Crippen molar-refractivity contribution < 1.29 is 20.1 Å². The summed E-state index contributed by atoms with van der Waals surface area (Å²) in [6, 6.07) is 8.30. The van der Waals surface area contributed by atoms with Crippen LogP contribution in [0.5, 0.6) is 23.0 Å². The first-order chi connectivity index (χ1) is 11.3. The fraction of sp³-hybridized carbons (Fsp3) is 0.300. The van der Waals surface area contributed by atoms with Crippen LogP contribution in [0.3, 0.4) is 0 Å². The molecule has 4 nitrogen and oxygen atoms in total. The number of aromatic hydroxyl groups is 3. The Bertz CT molecular complexity index is 792. The van der Waals surface area contributed by atoms with Crippen molar-refractivity contribution in [3.05, 3.63) is 59.7 Å². The van der Waals surface area contributed by atoms with Gasteiger partial charge in [0.2, 0.25) is 0 Å². The van der Waals surface area contributed by atoms with E-state index in [-0.39, 0.29) is 23.2 Å². The molecule has 0 bridgehead atoms. The summed E-state index contributed by atoms with van der Waals surface area (Å²) in [5, 5.41) is 30.1. The number of hydrogen-bond acceptors (Lipinski definition) is 4. The molecular weight excluding hydrogens is 304 g/mol. The lowest BCUT2D eigenvalue weighted by molar-refractivity contribution is 0.258. The van der Waals surface area contributed by atoms with E-state index in [4.69, 9.17) is 4.74 Å². The van der Waals surface area contributed by atoms with Gasteiger partial charge < -0.3 is 20.1 Å². The highest BCUT2D eigenvalue weighted by Crippen LogP contribution is 2.42. The van der Waals surface area contributed by atoms with Crippen molar-refractivity contribution in [3.63, 3.8) is 0 Å². The molecule has 2 aromatic carbocycles. The Morgan fingerprint density at radius 2 is 1.88 bits per heavy atom. The highest BCUT2D eigenvalue weighted by Gasteiger charge is 2.28. The Hall–Kier alpha value is -2.62. The molecule has 1 aliphatic heterocycles. The van der Waals surface area contributed by atoms with Gasteiger partial charge in [0, 0.05) is 34.6 Å². The van der Waals surface area contributed by atoms with E-state index in [1.807, 2.05) is 26.0 Å². The summed E-state index contributed by atoms with van der Waals surface area (Å²) >= 11 is 0. The monoisotopic (exact) mass is 326 g/mol. The number of phenolic OH excluding ortho intramolecular Hbond substituents is 3. The van der Waals surface area contributed by atoms with Crippen LogP contribution in [-0.2, 0) is 11.8 Å². The Balaban J connectivity index is 2.00. The van der Waals surface area contributed by atoms with Crippen molar-refractivity contribution in [1.82, 2.24) is 0 Å². The van der Waals surface area contributed by atoms with Crippen molar-refractivity contribution in [2.75, 3.05) is 6.61 Å². The second kappa shape index (κ2) is 5.78. The number of benzene rings is 2. The van der Waals surface area contributed by atoms with Crippen LogP contribution in [0, 0.1) is 0 Å². The predicted octanol–water partition coefficient (Wildman–Crippen LogP) is 3.99. The summed E-state index contributed by atoms with van der Waals surface area (Å²) < 4.78 is 5.75. The summed E-state index contributed by atoms with van der Waals surface area (Å²) in [4.78, 5) is 0. The fourth-order valence-electron chi connectivity index (χ4n) is 3.11. The summed E-state index contributed by atoms with van der Waals surface area (Å²) in [7, 11) is 0. The number of ether oxygens (including phenoxy) is 1. The number of rotatable bonds is 3. The first kappa shape index (κ1) is 16.2. The molecule has 2 aromatic rings. The summed E-state index contributed by atoms with van der Waals surface area (Å²) in [6.45, 7) is 8.16. The van der Waals surface area contributed by atoms with Crippen LogP contribution in [-0.4, -0.2) is 21.9 Å². The Morgan fingerprint density at radius 3 is 2.58 bits per heavy atom. The lowest BCUT2D eigenvalue weighted by atomic mass is 9.80. The summed E-state index contributed by atoms with van der Waals surface area (Å²) in [5.74, 6) is 0.947. The molecular formula is C20H22O4. The third-order valence-corrected chi connectivity index (χ3v) is 4.75. The van der Waals surface area contributed by atoms with Crippen LogP contribution in [0.1, 0.15) is 36.5 Å². The minimum absolute atomic E-state index is 0.0259. The molecule has 3 N–H and O–H groups in total. The van der Waals surface area contributed by atoms with Crippen LogP contribution in [0.2, 0.25) is 0 Å². The lowest BCUT2D eigenvalue weighted by Gasteiger charge is -2.28. The second-order valence-corrected chi connectivity index (χ2v) is 6.86. The molecule has 0 spiro atoms. The first-order valence-corrected chi connectivity index (χ1v) is 7.96. The molecule has 0 aliphatic carbocycles. The quantitative estimate of drug-likeness (QED) is 0.746. The Labute approximate surface area is 141 Å². The van der Waals surface area contributed by atoms with Crippen molar-refractivity contribution >= 4 is 0 Å². The maximum atomic E-state index is 10.3. The van der Waals surface area contributed by atoms with Gasteiger partial charge in [-0.3, -0.25) is 0 Å². The van der Waals surface area contributed by atoms with Crippen LogP contribution in [0.4, 0.5) is 0 Å². The third kappa shape index (κ3) is 2.80. The van der Waals surface area contributed by atoms with Crippen LogP contribution in [0.25, 0.3) is 0 Å². The summed E-state index contributed by atoms with van der Waals surface area (Å²) in [5.41, 5.74) is 2.05. The average Bonchev–Trinajstić information content (AvgIpc) is 2.54. The molecule has 3 rings (SSSR count). The molecule has 126 valence electrons. The highest BCUT2D eigenvalue weighted by molar-refractivity contribution is 5.52. The molecule has 0 fully saturated rings. The van der Waals surface area contributed by atoms with Gasteiger partial charge in [-0.2, -0.15) is 0 Å². The highest BCUT2D eigenvalue weighted by atomic mass is 16.5. The molecule has 0 amide bonds. The standard InChI is InChI=1S/C20H22O4/c1-4-20(2,3)16-9-15(17(22)10-18(16)23)13-7-12-5-6-14(21)8-19(12)24-11-13/h4-6,8-10,13,21-23H,1,7,11H2,2-3H3. The van der Waals surface area contributed by atoms with Crippen LogP contribution < -0.4 is 4.74 Å². The van der Waals surface area contributed by atoms with E-state index in [0.29, 0.717) is 18.8 Å². The van der Waals surface area contributed by atoms with E-state index >= 15 is 0 Å². The minimum Gasteiger partial charge on any atom is -0.508 e. The topological polar surface area (TPSA) is 69.9 Å². The molecule has 1 aliphatic rings. The molecule has 1 atom stereocenters. The van der Waals surface area contributed by atoms with E-state index in [1.165, 1.54) is 6.07 Å². The largest absolute Gasteiger partial charge is 0.508 e. The molecule has 1 heterocycles. The smallest absolute Gasteiger partial charge is 0.126 e. The van der Waals surface area contributed by atoms with Gasteiger partial charge in [0.1, 0.15) is 23.0 Å². The van der Waals surface area contributed by atoms with E-state index < -0.39 is 5.41 Å². The molecule has 24 heavy (non-hydrogen) atoms. The van der Waals surface area contributed by atoms with E-state index in [2.05, 4.69) is 6.58 Å². The van der Waals surface area contributed by atoms with Gasteiger partial charge >= 0.3 is 0 Å². The molecule has 0 aromatic heterocycles. The van der Waals surface area contributed by atoms with Gasteiger partial charge in [0.25, 0.3) is 0 Å². The van der Waals surface area contributed by atoms with Gasteiger partial charge in [0.05, 0.1) is 6.61 Å². The van der Waals surface area contributed by atoms with Crippen LogP contribution in [0.15, 0.2) is 43.0 Å². The molecule has 0 radical (unpaired) electrons. The molecule has 1 unspecified atom stereocenters. The Morgan fingerprint density at radius 1 is 1.12 bits per heavy atom. The Kier molecular flexibility index (Phi) is 3.91. The lowest BCUT2D eigenvalue weighted by Crippen LogP contribution is -2.20. The normalized spacial score (nSPS) is 17.0. The minimum atomic E-state index is -0.411. The number of phenols is 3. The van der Waals surface area contributed by atoms with Crippen molar-refractivity contribution in [1.29, 1.82) is 0 Å². The summed E-state index contributed by atoms with van der Waals surface area (Å²) in [6.07, 6.45) is 2.47. The first-order valence-electron chi connectivity index (χ1n) is 7.96. The third-order valence-electron chi connectivity index (χ3n) is 4.75. The number of hydrogen-bond donors (Lipinski definition) is 3. The van der Waals surface area contributed by atoms with Crippen LogP contribution >= 0.6 is 0 Å². The van der Waals surface area contributed by atoms with E-state index in [0.717, 1.165) is 16.7 Å². The van der Waals surface area contributed by atoms with Crippen molar-refractivity contribution in [2.45, 2.75) is 31.6 Å².